The predicted octanol–water partition coefficient (Wildman–Crippen LogP) is 3.54. The first-order valence-electron chi connectivity index (χ1n) is 6.18. The fourth-order valence-electron chi connectivity index (χ4n) is 2.22. The number of H-pyrrole nitrogens is 1. The van der Waals surface area contributed by atoms with Crippen LogP contribution in [0.1, 0.15) is 10.5 Å². The van der Waals surface area contributed by atoms with Crippen LogP contribution in [-0.4, -0.2) is 23.2 Å². The van der Waals surface area contributed by atoms with Gasteiger partial charge in [0, 0.05) is 10.9 Å². The van der Waals surface area contributed by atoms with Gasteiger partial charge >= 0.3 is 5.97 Å². The van der Waals surface area contributed by atoms with E-state index in [0.29, 0.717) is 0 Å². The Balaban J connectivity index is 2.09. The van der Waals surface area contributed by atoms with Crippen molar-refractivity contribution in [2.24, 2.45) is 0 Å². The number of carboxylic acid groups (broad SMARTS) is 1. The Hall–Kier alpha value is -2.75. The van der Waals surface area contributed by atoms with Gasteiger partial charge in [0.15, 0.2) is 0 Å². The van der Waals surface area contributed by atoms with Gasteiger partial charge in [-0.15, -0.1) is 0 Å². The highest BCUT2D eigenvalue weighted by Gasteiger charge is 2.08. The molecule has 0 fully saturated rings. The van der Waals surface area contributed by atoms with Crippen molar-refractivity contribution in [2.45, 2.75) is 0 Å². The lowest BCUT2D eigenvalue weighted by molar-refractivity contribution is 0.0691. The number of aromatic amines is 1. The molecule has 2 aromatic carbocycles. The molecule has 0 aliphatic rings. The van der Waals surface area contributed by atoms with E-state index in [1.165, 1.54) is 0 Å². The molecular formula is C16H13NO3. The van der Waals surface area contributed by atoms with Crippen molar-refractivity contribution >= 4 is 16.9 Å². The lowest BCUT2D eigenvalue weighted by Crippen LogP contribution is -1.94. The van der Waals surface area contributed by atoms with Crippen molar-refractivity contribution in [3.63, 3.8) is 0 Å². The number of fused-ring (bicyclic) bond motifs is 1. The molecule has 1 heterocycles. The molecule has 1 aromatic heterocycles. The highest BCUT2D eigenvalue weighted by molar-refractivity contribution is 5.95. The monoisotopic (exact) mass is 267 g/mol. The second-order valence-corrected chi connectivity index (χ2v) is 4.52. The number of hydrogen-bond acceptors (Lipinski definition) is 2. The summed E-state index contributed by atoms with van der Waals surface area (Å²) in [5.74, 6) is -0.163. The Morgan fingerprint density at radius 1 is 1.10 bits per heavy atom. The van der Waals surface area contributed by atoms with E-state index in [-0.39, 0.29) is 5.69 Å². The van der Waals surface area contributed by atoms with Gasteiger partial charge in [-0.25, -0.2) is 4.79 Å². The largest absolute Gasteiger partial charge is 0.497 e. The van der Waals surface area contributed by atoms with E-state index in [0.717, 1.165) is 27.8 Å². The molecule has 3 aromatic rings. The Morgan fingerprint density at radius 2 is 1.90 bits per heavy atom. The number of carboxylic acids is 1. The first-order chi connectivity index (χ1) is 9.67. The Morgan fingerprint density at radius 3 is 2.65 bits per heavy atom. The molecule has 0 bridgehead atoms. The molecule has 0 saturated carbocycles. The van der Waals surface area contributed by atoms with Gasteiger partial charge in [0.1, 0.15) is 11.4 Å². The van der Waals surface area contributed by atoms with E-state index in [1.54, 1.807) is 13.2 Å². The van der Waals surface area contributed by atoms with Gasteiger partial charge in [-0.05, 0) is 35.4 Å². The summed E-state index contributed by atoms with van der Waals surface area (Å²) in [4.78, 5) is 13.9. The third-order valence-corrected chi connectivity index (χ3v) is 3.26. The number of rotatable bonds is 3. The van der Waals surface area contributed by atoms with Crippen molar-refractivity contribution in [3.8, 4) is 16.9 Å². The highest BCUT2D eigenvalue weighted by atomic mass is 16.5. The highest BCUT2D eigenvalue weighted by Crippen LogP contribution is 2.27. The van der Waals surface area contributed by atoms with E-state index < -0.39 is 5.97 Å². The first kappa shape index (κ1) is 12.3. The molecule has 0 spiro atoms. The predicted molar refractivity (Wildman–Crippen MR) is 77.2 cm³/mol. The topological polar surface area (TPSA) is 62.3 Å². The average Bonchev–Trinajstić information content (AvgIpc) is 2.90. The van der Waals surface area contributed by atoms with Crippen LogP contribution in [0.15, 0.2) is 48.5 Å². The maximum Gasteiger partial charge on any atom is 0.352 e. The third kappa shape index (κ3) is 2.12. The molecule has 0 atom stereocenters. The third-order valence-electron chi connectivity index (χ3n) is 3.26. The van der Waals surface area contributed by atoms with Gasteiger partial charge in [-0.1, -0.05) is 24.3 Å². The van der Waals surface area contributed by atoms with Gasteiger partial charge in [0.05, 0.1) is 7.11 Å². The Labute approximate surface area is 115 Å². The maximum atomic E-state index is 11.0. The average molecular weight is 267 g/mol. The number of methoxy groups -OCH3 is 1. The molecule has 100 valence electrons. The second kappa shape index (κ2) is 4.74. The van der Waals surface area contributed by atoms with Crippen LogP contribution < -0.4 is 4.74 Å². The van der Waals surface area contributed by atoms with Gasteiger partial charge in [0.25, 0.3) is 0 Å². The molecule has 20 heavy (non-hydrogen) atoms. The number of ether oxygens (including phenoxy) is 1. The zero-order chi connectivity index (χ0) is 14.1. The summed E-state index contributed by atoms with van der Waals surface area (Å²) in [7, 11) is 1.63. The van der Waals surface area contributed by atoms with Crippen LogP contribution in [0.3, 0.4) is 0 Å². The standard InChI is InChI=1S/C16H13NO3/c1-20-13-4-2-3-10(7-13)11-5-6-12-9-15(16(18)19)17-14(12)8-11/h2-9,17H,1H3,(H,18,19). The van der Waals surface area contributed by atoms with Crippen molar-refractivity contribution in [1.29, 1.82) is 0 Å². The lowest BCUT2D eigenvalue weighted by Gasteiger charge is -2.05. The van der Waals surface area contributed by atoms with E-state index in [4.69, 9.17) is 9.84 Å². The Kier molecular flexibility index (Phi) is 2.91. The summed E-state index contributed by atoms with van der Waals surface area (Å²) >= 11 is 0. The smallest absolute Gasteiger partial charge is 0.352 e. The van der Waals surface area contributed by atoms with E-state index in [9.17, 15) is 4.79 Å². The molecule has 4 nitrogen and oxygen atoms in total. The quantitative estimate of drug-likeness (QED) is 0.763. The number of benzene rings is 2. The summed E-state index contributed by atoms with van der Waals surface area (Å²) in [6, 6.07) is 15.2. The van der Waals surface area contributed by atoms with E-state index in [1.807, 2.05) is 42.5 Å². The normalized spacial score (nSPS) is 10.7. The molecule has 2 N–H and O–H groups in total. The minimum atomic E-state index is -0.955. The van der Waals surface area contributed by atoms with Crippen molar-refractivity contribution in [3.05, 3.63) is 54.2 Å². The SMILES string of the molecule is COc1cccc(-c2ccc3cc(C(=O)O)[nH]c3c2)c1. The summed E-state index contributed by atoms with van der Waals surface area (Å²) in [5, 5.41) is 9.88. The molecule has 0 radical (unpaired) electrons. The molecule has 3 rings (SSSR count). The van der Waals surface area contributed by atoms with Crippen LogP contribution in [0.2, 0.25) is 0 Å². The molecule has 0 unspecified atom stereocenters. The summed E-state index contributed by atoms with van der Waals surface area (Å²) in [5.41, 5.74) is 3.04. The van der Waals surface area contributed by atoms with Crippen molar-refractivity contribution in [2.75, 3.05) is 7.11 Å². The van der Waals surface area contributed by atoms with Crippen LogP contribution in [0, 0.1) is 0 Å². The molecule has 4 heteroatoms. The number of nitrogens with one attached hydrogen (secondary N) is 1. The van der Waals surface area contributed by atoms with Crippen molar-refractivity contribution < 1.29 is 14.6 Å². The maximum absolute atomic E-state index is 11.0. The number of aromatic nitrogens is 1. The van der Waals surface area contributed by atoms with E-state index in [2.05, 4.69) is 4.98 Å². The minimum Gasteiger partial charge on any atom is -0.497 e. The number of aromatic carboxylic acids is 1. The van der Waals surface area contributed by atoms with Gasteiger partial charge < -0.3 is 14.8 Å². The van der Waals surface area contributed by atoms with Crippen molar-refractivity contribution in [1.82, 2.24) is 4.98 Å². The fourth-order valence-corrected chi connectivity index (χ4v) is 2.22. The second-order valence-electron chi connectivity index (χ2n) is 4.52. The summed E-state index contributed by atoms with van der Waals surface area (Å²) in [6.45, 7) is 0. The zero-order valence-corrected chi connectivity index (χ0v) is 10.9. The van der Waals surface area contributed by atoms with Crippen LogP contribution in [-0.2, 0) is 0 Å². The molecule has 0 saturated heterocycles. The summed E-state index contributed by atoms with van der Waals surface area (Å²) < 4.78 is 5.21. The number of hydrogen-bond donors (Lipinski definition) is 2. The molecular weight excluding hydrogens is 254 g/mol. The van der Waals surface area contributed by atoms with Crippen LogP contribution >= 0.6 is 0 Å². The molecule has 0 aliphatic carbocycles. The lowest BCUT2D eigenvalue weighted by atomic mass is 10.0. The Bertz CT molecular complexity index is 789. The van der Waals surface area contributed by atoms with Crippen LogP contribution in [0.5, 0.6) is 5.75 Å². The molecule has 0 amide bonds. The number of carbonyl (C=O) groups is 1. The van der Waals surface area contributed by atoms with Crippen LogP contribution in [0.4, 0.5) is 0 Å². The van der Waals surface area contributed by atoms with E-state index >= 15 is 0 Å². The zero-order valence-electron chi connectivity index (χ0n) is 10.9. The fraction of sp³-hybridized carbons (Fsp3) is 0.0625. The minimum absolute atomic E-state index is 0.197. The van der Waals surface area contributed by atoms with Crippen LogP contribution in [0.25, 0.3) is 22.0 Å². The van der Waals surface area contributed by atoms with Gasteiger partial charge in [-0.3, -0.25) is 0 Å². The van der Waals surface area contributed by atoms with Gasteiger partial charge in [-0.2, -0.15) is 0 Å². The summed E-state index contributed by atoms with van der Waals surface area (Å²) in [6.07, 6.45) is 0. The molecule has 0 aliphatic heterocycles. The van der Waals surface area contributed by atoms with Gasteiger partial charge in [0.2, 0.25) is 0 Å². The first-order valence-corrected chi connectivity index (χ1v) is 6.18.